The Morgan fingerprint density at radius 2 is 1.17 bits per heavy atom. The van der Waals surface area contributed by atoms with Gasteiger partial charge in [-0.3, -0.25) is 23.4 Å². The highest BCUT2D eigenvalue weighted by Gasteiger charge is 2.53. The normalized spacial score (nSPS) is 19.7. The van der Waals surface area contributed by atoms with Crippen LogP contribution < -0.4 is 24.7 Å². The summed E-state index contributed by atoms with van der Waals surface area (Å²) in [5.74, 6) is -2.39. The molecular formula is C94H93F6N29O4S2. The third kappa shape index (κ3) is 20.3. The van der Waals surface area contributed by atoms with Gasteiger partial charge in [-0.1, -0.05) is 74.5 Å². The van der Waals surface area contributed by atoms with Gasteiger partial charge in [0.2, 0.25) is 15.9 Å². The Balaban J connectivity index is 0.000000113. The molecule has 8 atom stereocenters. The lowest BCUT2D eigenvalue weighted by atomic mass is 9.80. The fraction of sp³-hybridized carbons (Fsp3) is 0.298. The zero-order chi connectivity index (χ0) is 93.8. The Morgan fingerprint density at radius 1 is 0.541 bits per heavy atom. The quantitative estimate of drug-likeness (QED) is 0.0848. The molecule has 4 saturated heterocycles. The molecule has 0 spiro atoms. The fourth-order valence-electron chi connectivity index (χ4n) is 17.7. The van der Waals surface area contributed by atoms with Crippen molar-refractivity contribution in [3.05, 3.63) is 269 Å². The number of fused-ring (bicyclic) bond motifs is 7. The van der Waals surface area contributed by atoms with Gasteiger partial charge >= 0.3 is 0 Å². The van der Waals surface area contributed by atoms with E-state index in [-0.39, 0.29) is 23.9 Å². The van der Waals surface area contributed by atoms with Crippen LogP contribution in [0.1, 0.15) is 76.4 Å². The molecule has 0 saturated carbocycles. The largest absolute Gasteiger partial charge is 0.384 e. The molecule has 692 valence electrons. The third-order valence-corrected chi connectivity index (χ3v) is 25.8. The van der Waals surface area contributed by atoms with Crippen molar-refractivity contribution < 1.29 is 43.8 Å². The molecule has 41 heteroatoms. The average Bonchev–Trinajstić information content (AvgIpc) is 1.76. The number of hydrogen-bond acceptors (Lipinski definition) is 26. The Morgan fingerprint density at radius 3 is 1.84 bits per heavy atom. The first-order valence-corrected chi connectivity index (χ1v) is 48.0. The van der Waals surface area contributed by atoms with Crippen LogP contribution in [-0.2, 0) is 24.5 Å². The van der Waals surface area contributed by atoms with Gasteiger partial charge in [-0.25, -0.2) is 117 Å². The van der Waals surface area contributed by atoms with Crippen LogP contribution in [0.5, 0.6) is 0 Å². The van der Waals surface area contributed by atoms with Crippen LogP contribution in [0.15, 0.2) is 256 Å². The highest BCUT2D eigenvalue weighted by molar-refractivity contribution is 7.92. The molecule has 6 aliphatic rings. The van der Waals surface area contributed by atoms with E-state index in [2.05, 4.69) is 165 Å². The van der Waals surface area contributed by atoms with Crippen LogP contribution in [0.25, 0.3) is 101 Å². The highest BCUT2D eigenvalue weighted by Crippen LogP contribution is 2.44. The van der Waals surface area contributed by atoms with Gasteiger partial charge in [0.1, 0.15) is 41.5 Å². The zero-order valence-corrected chi connectivity index (χ0v) is 75.6. The van der Waals surface area contributed by atoms with Crippen molar-refractivity contribution in [3.63, 3.8) is 0 Å². The Bertz CT molecular complexity index is 7360. The number of piperazine rings is 1. The Kier molecular flexibility index (Phi) is 26.1. The number of pyridine rings is 3. The molecule has 8 unspecified atom stereocenters. The van der Waals surface area contributed by atoms with Gasteiger partial charge in [0.15, 0.2) is 28.2 Å². The summed E-state index contributed by atoms with van der Waals surface area (Å²) in [7, 11) is -5.86. The molecular weight excluding hydrogens is 1780 g/mol. The summed E-state index contributed by atoms with van der Waals surface area (Å²) in [5.41, 5.74) is 14.3. The molecule has 20 heterocycles. The second-order valence-corrected chi connectivity index (χ2v) is 38.4. The number of alkyl halides is 6. The number of nitrogens with one attached hydrogen (secondary N) is 2. The summed E-state index contributed by atoms with van der Waals surface area (Å²) in [5, 5.41) is 20.4. The first-order valence-electron chi connectivity index (χ1n) is 43.7. The number of imidazole rings is 1. The van der Waals surface area contributed by atoms with E-state index < -0.39 is 68.6 Å². The van der Waals surface area contributed by atoms with Gasteiger partial charge in [-0.15, -0.1) is 0 Å². The monoisotopic (exact) mass is 1870 g/mol. The number of hydrogen-bond donors (Lipinski definition) is 2. The van der Waals surface area contributed by atoms with Gasteiger partial charge in [0.25, 0.3) is 18.8 Å². The molecule has 22 rings (SSSR count). The van der Waals surface area contributed by atoms with E-state index in [4.69, 9.17) is 4.98 Å². The van der Waals surface area contributed by atoms with E-state index in [1.165, 1.54) is 59.3 Å². The van der Waals surface area contributed by atoms with E-state index in [0.717, 1.165) is 131 Å². The molecule has 2 N–H and O–H groups in total. The SMILES string of the molecule is C1=CC2C=CC(c3cccc(-c4cnc5cnccn45)n3)=CC2N1.CC1C(CNS(C)(=O)=O)C(F)(F)C(C)CN1c1cc(-c2cnn3ccc(C(F)F)nc23)ncn1.CC1CC(N=S(C)(C)=O)CN(c2cc(-c3cnn4ccc(C(F)F)nc34)ncn2)C1.O=C1CCCC2CN(c3cc(-c4cnn5cccnc45)ccn3)CCN12.c1ccc(-c2cc(-c3cnn4cccnc34)ccn2)cc1. The third-order valence-electron chi connectivity index (χ3n) is 24.3. The lowest BCUT2D eigenvalue weighted by Gasteiger charge is -2.47. The molecule has 5 aliphatic heterocycles. The summed E-state index contributed by atoms with van der Waals surface area (Å²) < 4.78 is 133. The summed E-state index contributed by atoms with van der Waals surface area (Å²) in [6, 6.07) is 33.7. The van der Waals surface area contributed by atoms with Crippen molar-refractivity contribution in [1.82, 2.24) is 123 Å². The van der Waals surface area contributed by atoms with Crippen LogP contribution in [0.3, 0.4) is 0 Å². The van der Waals surface area contributed by atoms with Crippen LogP contribution >= 0.6 is 0 Å². The number of anilines is 3. The number of nitrogens with zero attached hydrogens (tertiary/aromatic N) is 27. The summed E-state index contributed by atoms with van der Waals surface area (Å²) >= 11 is 0. The predicted octanol–water partition coefficient (Wildman–Crippen LogP) is 14.1. The number of halogens is 6. The van der Waals surface area contributed by atoms with E-state index in [1.54, 1.807) is 76.5 Å². The Labute approximate surface area is 771 Å². The minimum absolute atomic E-state index is 0.0253. The van der Waals surface area contributed by atoms with E-state index >= 15 is 0 Å². The van der Waals surface area contributed by atoms with Crippen molar-refractivity contribution in [3.8, 4) is 67.4 Å². The first-order chi connectivity index (χ1) is 65.2. The van der Waals surface area contributed by atoms with E-state index in [1.807, 2.05) is 121 Å². The maximum absolute atomic E-state index is 15.0. The lowest BCUT2D eigenvalue weighted by molar-refractivity contribution is -0.136. The molecule has 1 aromatic carbocycles. The number of allylic oxidation sites excluding steroid dienone is 2. The minimum Gasteiger partial charge on any atom is -0.384 e. The van der Waals surface area contributed by atoms with Crippen molar-refractivity contribution in [2.45, 2.75) is 89.4 Å². The van der Waals surface area contributed by atoms with Crippen molar-refractivity contribution in [1.29, 1.82) is 0 Å². The molecule has 0 bridgehead atoms. The predicted molar refractivity (Wildman–Crippen MR) is 500 cm³/mol. The minimum atomic E-state index is -3.66. The lowest BCUT2D eigenvalue weighted by Crippen LogP contribution is -2.60. The molecule has 15 aromatic heterocycles. The smallest absolute Gasteiger partial charge is 0.280 e. The summed E-state index contributed by atoms with van der Waals surface area (Å²) in [6.07, 6.45) is 43.7. The summed E-state index contributed by atoms with van der Waals surface area (Å²) in [6.45, 7) is 8.53. The van der Waals surface area contributed by atoms with Crippen molar-refractivity contribution >= 4 is 76.9 Å². The average molecular weight is 1870 g/mol. The molecule has 33 nitrogen and oxygen atoms in total. The van der Waals surface area contributed by atoms with Crippen LogP contribution in [-0.4, -0.2) is 226 Å². The van der Waals surface area contributed by atoms with Gasteiger partial charge in [0.05, 0.1) is 107 Å². The number of carbonyl (C=O) groups excluding carboxylic acids is 1. The van der Waals surface area contributed by atoms with Crippen LogP contribution in [0.4, 0.5) is 43.8 Å². The maximum Gasteiger partial charge on any atom is 0.280 e. The second kappa shape index (κ2) is 38.8. The number of amides is 1. The Hall–Kier alpha value is -14.7. The zero-order valence-electron chi connectivity index (χ0n) is 74.0. The molecule has 4 fully saturated rings. The molecule has 16 aromatic rings. The molecule has 1 amide bonds. The summed E-state index contributed by atoms with van der Waals surface area (Å²) in [4.78, 5) is 76.6. The van der Waals surface area contributed by atoms with Gasteiger partial charge in [-0.2, -0.15) is 20.4 Å². The number of carbonyl (C=O) groups is 1. The van der Waals surface area contributed by atoms with Crippen LogP contribution in [0, 0.1) is 23.7 Å². The number of aromatic nitrogens is 22. The van der Waals surface area contributed by atoms with E-state index in [0.29, 0.717) is 82.6 Å². The topological polar surface area (TPSA) is 359 Å². The van der Waals surface area contributed by atoms with Gasteiger partial charge in [-0.05, 0) is 116 Å². The first kappa shape index (κ1) is 90.8. The molecule has 0 radical (unpaired) electrons. The molecule has 1 aliphatic carbocycles. The number of rotatable bonds is 16. The number of benzene rings is 1. The van der Waals surface area contributed by atoms with Gasteiger partial charge in [0, 0.05) is 189 Å². The van der Waals surface area contributed by atoms with Gasteiger partial charge < -0.3 is 24.9 Å². The number of sulfonamides is 1. The molecule has 135 heavy (non-hydrogen) atoms. The fourth-order valence-corrected chi connectivity index (χ4v) is 19.0. The van der Waals surface area contributed by atoms with E-state index in [9.17, 15) is 43.8 Å². The number of piperidine rings is 3. The van der Waals surface area contributed by atoms with Crippen LogP contribution in [0.2, 0.25) is 0 Å². The van der Waals surface area contributed by atoms with Crippen molar-refractivity contribution in [2.24, 2.45) is 28.0 Å². The highest BCUT2D eigenvalue weighted by atomic mass is 32.2. The van der Waals surface area contributed by atoms with Crippen molar-refractivity contribution in [2.75, 3.05) is 79.3 Å². The maximum atomic E-state index is 15.0. The standard InChI is InChI=1S/C20H23F4N7O2S.C19H23F2N7OS.C19H20N6O.C19H15N5.C17H12N4/c1-11-9-30(12(2)14(20(11,23)24)8-28-34(3,32)33)17-6-16(25-10-26-17)13-7-27-31-5-4-15(18(21)22)29-19(13)31;1-12-6-13(26-30(2,3)29)10-27(9-12)17-7-16(22-11-23-17)14-8-24-28-5-4-15(18(20)21)25-19(14)28;26-18-4-1-3-15-13-23(9-10-24(15)18)17-11-14(5-7-20-17)16-12-22-25-8-2-6-21-19(16)25;1-2-15(14-5-4-13-6-7-21-17(13)10-14)23-16(3-1)18-11-22-19-12-20-8-9-24(18)19;1-2-5-13(6-3-1)16-11-14(7-9-18-16)15-12-20-21-10-4-8-19-17(15)21/h4-7,10-12,14,18,28H,8-9H2,1-3H3;4-5,7-8,11-13,18H,6,9-10H2,1-3H3;2,5-8,11-12,15H,1,3-4,9-10,13H2;1-13,17,21H;1-12H. The second-order valence-electron chi connectivity index (χ2n) is 34.0.